The maximum absolute atomic E-state index is 8.92. The van der Waals surface area contributed by atoms with Crippen LogP contribution in [0.5, 0.6) is 0 Å². The van der Waals surface area contributed by atoms with E-state index in [1.54, 1.807) is 12.3 Å². The van der Waals surface area contributed by atoms with Gasteiger partial charge in [-0.05, 0) is 19.1 Å². The molecule has 0 saturated carbocycles. The van der Waals surface area contributed by atoms with Crippen LogP contribution < -0.4 is 0 Å². The van der Waals surface area contributed by atoms with Crippen molar-refractivity contribution in [2.75, 3.05) is 0 Å². The highest BCUT2D eigenvalue weighted by molar-refractivity contribution is 5.47. The van der Waals surface area contributed by atoms with Crippen LogP contribution in [0.4, 0.5) is 0 Å². The van der Waals surface area contributed by atoms with Gasteiger partial charge in [-0.2, -0.15) is 0 Å². The fraction of sp³-hybridized carbons (Fsp3) is 0.222. The van der Waals surface area contributed by atoms with E-state index in [0.29, 0.717) is 17.3 Å². The average molecular weight is 178 g/mol. The van der Waals surface area contributed by atoms with Gasteiger partial charge in [0, 0.05) is 5.69 Å². The molecule has 0 amide bonds. The monoisotopic (exact) mass is 178 g/mol. The van der Waals surface area contributed by atoms with Crippen molar-refractivity contribution in [2.45, 2.75) is 13.5 Å². The van der Waals surface area contributed by atoms with Gasteiger partial charge in [-0.1, -0.05) is 0 Å². The molecule has 13 heavy (non-hydrogen) atoms. The minimum absolute atomic E-state index is 0.0525. The Hall–Kier alpha value is -1.55. The second-order valence-electron chi connectivity index (χ2n) is 2.79. The first-order valence-electron chi connectivity index (χ1n) is 4.01. The van der Waals surface area contributed by atoms with Crippen LogP contribution in [-0.4, -0.2) is 15.1 Å². The summed E-state index contributed by atoms with van der Waals surface area (Å²) in [4.78, 5) is 7.20. The molecule has 0 aliphatic rings. The van der Waals surface area contributed by atoms with Crippen LogP contribution in [0.1, 0.15) is 11.4 Å². The fourth-order valence-corrected chi connectivity index (χ4v) is 1.18. The summed E-state index contributed by atoms with van der Waals surface area (Å²) in [6.07, 6.45) is 1.59. The molecule has 4 nitrogen and oxygen atoms in total. The third-order valence-electron chi connectivity index (χ3n) is 1.89. The van der Waals surface area contributed by atoms with Gasteiger partial charge in [-0.3, -0.25) is 0 Å². The molecule has 2 N–H and O–H groups in total. The summed E-state index contributed by atoms with van der Waals surface area (Å²) < 4.78 is 5.16. The molecule has 0 saturated heterocycles. The summed E-state index contributed by atoms with van der Waals surface area (Å²) in [6, 6.07) is 3.62. The van der Waals surface area contributed by atoms with E-state index in [9.17, 15) is 0 Å². The van der Waals surface area contributed by atoms with Crippen molar-refractivity contribution >= 4 is 0 Å². The van der Waals surface area contributed by atoms with E-state index in [-0.39, 0.29) is 6.61 Å². The number of imidazole rings is 1. The largest absolute Gasteiger partial charge is 0.461 e. The molecule has 0 aliphatic heterocycles. The first-order valence-corrected chi connectivity index (χ1v) is 4.01. The van der Waals surface area contributed by atoms with E-state index < -0.39 is 0 Å². The molecule has 68 valence electrons. The molecular weight excluding hydrogens is 168 g/mol. The summed E-state index contributed by atoms with van der Waals surface area (Å²) in [5.74, 6) is 1.34. The molecule has 0 bridgehead atoms. The van der Waals surface area contributed by atoms with Gasteiger partial charge >= 0.3 is 0 Å². The first kappa shape index (κ1) is 8.07. The van der Waals surface area contributed by atoms with Crippen molar-refractivity contribution in [3.05, 3.63) is 29.8 Å². The van der Waals surface area contributed by atoms with E-state index in [1.165, 1.54) is 0 Å². The minimum atomic E-state index is -0.0525. The summed E-state index contributed by atoms with van der Waals surface area (Å²) in [6.45, 7) is 1.81. The highest BCUT2D eigenvalue weighted by Gasteiger charge is 2.08. The quantitative estimate of drug-likeness (QED) is 0.732. The smallest absolute Gasteiger partial charge is 0.174 e. The number of furan rings is 1. The molecule has 0 aliphatic carbocycles. The highest BCUT2D eigenvalue weighted by atomic mass is 16.3. The van der Waals surface area contributed by atoms with Gasteiger partial charge in [-0.15, -0.1) is 0 Å². The van der Waals surface area contributed by atoms with Crippen LogP contribution in [0.3, 0.4) is 0 Å². The molecule has 0 spiro atoms. The second kappa shape index (κ2) is 3.06. The van der Waals surface area contributed by atoms with E-state index in [4.69, 9.17) is 9.52 Å². The van der Waals surface area contributed by atoms with E-state index >= 15 is 0 Å². The molecule has 0 unspecified atom stereocenters. The van der Waals surface area contributed by atoms with Crippen molar-refractivity contribution in [1.82, 2.24) is 9.97 Å². The molecule has 4 heteroatoms. The lowest BCUT2D eigenvalue weighted by atomic mass is 10.4. The zero-order valence-electron chi connectivity index (χ0n) is 7.24. The molecule has 0 fully saturated rings. The Morgan fingerprint density at radius 1 is 1.62 bits per heavy atom. The number of H-pyrrole nitrogens is 1. The molecule has 0 atom stereocenters. The van der Waals surface area contributed by atoms with E-state index in [0.717, 1.165) is 5.69 Å². The summed E-state index contributed by atoms with van der Waals surface area (Å²) >= 11 is 0. The molecule has 2 aromatic rings. The third-order valence-corrected chi connectivity index (χ3v) is 1.89. The number of rotatable bonds is 2. The van der Waals surface area contributed by atoms with Gasteiger partial charge in [0.25, 0.3) is 0 Å². The van der Waals surface area contributed by atoms with Crippen molar-refractivity contribution in [2.24, 2.45) is 0 Å². The predicted octanol–water partition coefficient (Wildman–Crippen LogP) is 1.47. The highest BCUT2D eigenvalue weighted by Crippen LogP contribution is 2.17. The zero-order chi connectivity index (χ0) is 9.26. The summed E-state index contributed by atoms with van der Waals surface area (Å²) in [5, 5.41) is 8.92. The van der Waals surface area contributed by atoms with Crippen molar-refractivity contribution < 1.29 is 9.52 Å². The summed E-state index contributed by atoms with van der Waals surface area (Å²) in [5.41, 5.74) is 1.53. The lowest BCUT2D eigenvalue weighted by Gasteiger charge is -1.86. The van der Waals surface area contributed by atoms with Crippen molar-refractivity contribution in [3.63, 3.8) is 0 Å². The number of aromatic nitrogens is 2. The number of hydrogen-bond acceptors (Lipinski definition) is 3. The van der Waals surface area contributed by atoms with Gasteiger partial charge in [0.05, 0.1) is 18.6 Å². The van der Waals surface area contributed by atoms with Crippen molar-refractivity contribution in [3.8, 4) is 11.6 Å². The number of hydrogen-bond donors (Lipinski definition) is 2. The van der Waals surface area contributed by atoms with Crippen molar-refractivity contribution in [1.29, 1.82) is 0 Å². The fourth-order valence-electron chi connectivity index (χ4n) is 1.18. The van der Waals surface area contributed by atoms with E-state index in [1.807, 2.05) is 13.0 Å². The third kappa shape index (κ3) is 1.36. The standard InChI is InChI=1S/C9H10N2O2/c1-6-7(5-12)11-9(10-6)8-3-2-4-13-8/h2-4,12H,5H2,1H3,(H,10,11). The van der Waals surface area contributed by atoms with Gasteiger partial charge in [-0.25, -0.2) is 4.98 Å². The summed E-state index contributed by atoms with van der Waals surface area (Å²) in [7, 11) is 0. The van der Waals surface area contributed by atoms with Crippen LogP contribution in [-0.2, 0) is 6.61 Å². The number of aliphatic hydroxyl groups is 1. The van der Waals surface area contributed by atoms with Crippen LogP contribution in [0, 0.1) is 6.92 Å². The molecule has 0 radical (unpaired) electrons. The predicted molar refractivity (Wildman–Crippen MR) is 46.9 cm³/mol. The zero-order valence-corrected chi connectivity index (χ0v) is 7.24. The van der Waals surface area contributed by atoms with Crippen LogP contribution in [0.25, 0.3) is 11.6 Å². The molecule has 2 rings (SSSR count). The van der Waals surface area contributed by atoms with Gasteiger partial charge in [0.1, 0.15) is 0 Å². The lowest BCUT2D eigenvalue weighted by Crippen LogP contribution is -1.84. The molecule has 2 aromatic heterocycles. The van der Waals surface area contributed by atoms with E-state index in [2.05, 4.69) is 9.97 Å². The number of aromatic amines is 1. The van der Waals surface area contributed by atoms with Gasteiger partial charge < -0.3 is 14.5 Å². The Labute approximate surface area is 75.2 Å². The Balaban J connectivity index is 2.43. The Bertz CT molecular complexity index is 390. The molecule has 2 heterocycles. The van der Waals surface area contributed by atoms with Crippen LogP contribution >= 0.6 is 0 Å². The van der Waals surface area contributed by atoms with Gasteiger partial charge in [0.15, 0.2) is 11.6 Å². The number of nitrogens with one attached hydrogen (secondary N) is 1. The second-order valence-corrected chi connectivity index (χ2v) is 2.79. The molecular formula is C9H10N2O2. The number of aliphatic hydroxyl groups excluding tert-OH is 1. The Kier molecular flexibility index (Phi) is 1.90. The van der Waals surface area contributed by atoms with Gasteiger partial charge in [0.2, 0.25) is 0 Å². The molecule has 0 aromatic carbocycles. The Morgan fingerprint density at radius 3 is 3.00 bits per heavy atom. The topological polar surface area (TPSA) is 62.0 Å². The van der Waals surface area contributed by atoms with Crippen LogP contribution in [0.15, 0.2) is 22.8 Å². The maximum Gasteiger partial charge on any atom is 0.174 e. The SMILES string of the molecule is Cc1[nH]c(-c2ccco2)nc1CO. The van der Waals surface area contributed by atoms with Crippen LogP contribution in [0.2, 0.25) is 0 Å². The Morgan fingerprint density at radius 2 is 2.46 bits per heavy atom. The average Bonchev–Trinajstić information content (AvgIpc) is 2.71. The number of aryl methyl sites for hydroxylation is 1. The first-order chi connectivity index (χ1) is 6.31. The normalized spacial score (nSPS) is 10.6. The lowest BCUT2D eigenvalue weighted by molar-refractivity contribution is 0.276. The maximum atomic E-state index is 8.92. The number of nitrogens with zero attached hydrogens (tertiary/aromatic N) is 1. The minimum Gasteiger partial charge on any atom is -0.461 e.